The smallest absolute Gasteiger partial charge is 0.416 e. The average molecular weight is 307 g/mol. The van der Waals surface area contributed by atoms with Gasteiger partial charge in [-0.15, -0.1) is 0 Å². The largest absolute Gasteiger partial charge is 0.457 e. The second-order valence-corrected chi connectivity index (χ2v) is 4.35. The Hall–Kier alpha value is -2.76. The zero-order chi connectivity index (χ0) is 16.2. The Balaban J connectivity index is 2.19. The first-order valence-corrected chi connectivity index (χ1v) is 6.27. The highest BCUT2D eigenvalue weighted by Gasteiger charge is 2.30. The van der Waals surface area contributed by atoms with Gasteiger partial charge >= 0.3 is 6.18 Å². The molecule has 0 aliphatic rings. The van der Waals surface area contributed by atoms with Crippen molar-refractivity contribution in [2.24, 2.45) is 0 Å². The van der Waals surface area contributed by atoms with Crippen molar-refractivity contribution in [2.75, 3.05) is 5.32 Å². The van der Waals surface area contributed by atoms with Gasteiger partial charge in [-0.25, -0.2) is 0 Å². The molecule has 0 unspecified atom stereocenters. The molecule has 0 bridgehead atoms. The summed E-state index contributed by atoms with van der Waals surface area (Å²) in [5.74, 6) is -0.0283. The maximum atomic E-state index is 12.6. The van der Waals surface area contributed by atoms with Crippen molar-refractivity contribution in [1.82, 2.24) is 0 Å². The van der Waals surface area contributed by atoms with E-state index in [0.29, 0.717) is 11.4 Å². The summed E-state index contributed by atoms with van der Waals surface area (Å²) in [6.45, 7) is 3.33. The lowest BCUT2D eigenvalue weighted by atomic mass is 10.2. The Kier molecular flexibility index (Phi) is 4.50. The number of benzene rings is 2. The summed E-state index contributed by atoms with van der Waals surface area (Å²) >= 11 is 0. The van der Waals surface area contributed by atoms with Crippen LogP contribution >= 0.6 is 0 Å². The van der Waals surface area contributed by atoms with E-state index in [1.165, 1.54) is 18.2 Å². The van der Waals surface area contributed by atoms with Crippen LogP contribution < -0.4 is 10.1 Å². The van der Waals surface area contributed by atoms with E-state index in [4.69, 9.17) is 4.74 Å². The number of rotatable bonds is 4. The summed E-state index contributed by atoms with van der Waals surface area (Å²) in [5, 5.41) is 2.54. The number of amides is 1. The number of carbonyl (C=O) groups is 1. The minimum atomic E-state index is -4.43. The molecule has 0 aliphatic carbocycles. The molecule has 1 N–H and O–H groups in total. The quantitative estimate of drug-likeness (QED) is 0.837. The molecule has 3 nitrogen and oxygen atoms in total. The van der Waals surface area contributed by atoms with E-state index in [-0.39, 0.29) is 5.75 Å². The van der Waals surface area contributed by atoms with Gasteiger partial charge in [0.2, 0.25) is 5.91 Å². The van der Waals surface area contributed by atoms with Crippen LogP contribution in [0.3, 0.4) is 0 Å². The van der Waals surface area contributed by atoms with Gasteiger partial charge in [-0.1, -0.05) is 18.7 Å². The number of alkyl halides is 3. The third kappa shape index (κ3) is 4.12. The fourth-order valence-corrected chi connectivity index (χ4v) is 1.70. The Labute approximate surface area is 125 Å². The Morgan fingerprint density at radius 3 is 2.36 bits per heavy atom. The van der Waals surface area contributed by atoms with Gasteiger partial charge in [-0.05, 0) is 36.4 Å². The summed E-state index contributed by atoms with van der Waals surface area (Å²) in [6, 6.07) is 10.9. The predicted molar refractivity (Wildman–Crippen MR) is 76.8 cm³/mol. The monoisotopic (exact) mass is 307 g/mol. The zero-order valence-corrected chi connectivity index (χ0v) is 11.4. The Morgan fingerprint density at radius 2 is 1.73 bits per heavy atom. The molecule has 0 saturated carbocycles. The highest BCUT2D eigenvalue weighted by molar-refractivity contribution is 5.98. The normalized spacial score (nSPS) is 10.9. The van der Waals surface area contributed by atoms with Gasteiger partial charge in [0, 0.05) is 11.8 Å². The second-order valence-electron chi connectivity index (χ2n) is 4.35. The minimum absolute atomic E-state index is 0.0574. The molecule has 0 heterocycles. The van der Waals surface area contributed by atoms with Crippen LogP contribution in [-0.4, -0.2) is 5.91 Å². The summed E-state index contributed by atoms with van der Waals surface area (Å²) in [4.78, 5) is 11.2. The minimum Gasteiger partial charge on any atom is -0.457 e. The molecule has 6 heteroatoms. The van der Waals surface area contributed by atoms with Crippen molar-refractivity contribution in [3.05, 3.63) is 66.7 Å². The molecule has 0 aliphatic heterocycles. The van der Waals surface area contributed by atoms with Crippen molar-refractivity contribution in [1.29, 1.82) is 0 Å². The third-order valence-corrected chi connectivity index (χ3v) is 2.68. The third-order valence-electron chi connectivity index (χ3n) is 2.68. The van der Waals surface area contributed by atoms with Gasteiger partial charge < -0.3 is 10.1 Å². The molecule has 0 atom stereocenters. The van der Waals surface area contributed by atoms with Crippen LogP contribution in [0, 0.1) is 0 Å². The highest BCUT2D eigenvalue weighted by Crippen LogP contribution is 2.33. The second kappa shape index (κ2) is 6.34. The first kappa shape index (κ1) is 15.6. The molecule has 1 amide bonds. The lowest BCUT2D eigenvalue weighted by Gasteiger charge is -2.11. The van der Waals surface area contributed by atoms with Gasteiger partial charge in [-0.3, -0.25) is 4.79 Å². The molecular weight excluding hydrogens is 295 g/mol. The molecule has 2 rings (SSSR count). The molecule has 114 valence electrons. The van der Waals surface area contributed by atoms with E-state index in [0.717, 1.165) is 18.2 Å². The molecule has 0 saturated heterocycles. The number of nitrogens with one attached hydrogen (secondary N) is 1. The zero-order valence-electron chi connectivity index (χ0n) is 11.4. The van der Waals surface area contributed by atoms with Gasteiger partial charge in [0.25, 0.3) is 0 Å². The molecule has 0 spiro atoms. The van der Waals surface area contributed by atoms with Crippen molar-refractivity contribution >= 4 is 11.6 Å². The number of carbonyl (C=O) groups excluding carboxylic acids is 1. The number of halogens is 3. The van der Waals surface area contributed by atoms with E-state index in [1.54, 1.807) is 18.2 Å². The van der Waals surface area contributed by atoms with Crippen molar-refractivity contribution in [2.45, 2.75) is 6.18 Å². The van der Waals surface area contributed by atoms with E-state index in [1.807, 2.05) is 0 Å². The van der Waals surface area contributed by atoms with Crippen LogP contribution in [0.5, 0.6) is 11.5 Å². The molecule has 22 heavy (non-hydrogen) atoms. The molecular formula is C16H12F3NO2. The standard InChI is InChI=1S/C16H12F3NO2/c1-2-15(21)20-12-6-4-8-14(10-12)22-13-7-3-5-11(9-13)16(17,18)19/h2-10H,1H2,(H,20,21). The van der Waals surface area contributed by atoms with Crippen molar-refractivity contribution < 1.29 is 22.7 Å². The first-order valence-electron chi connectivity index (χ1n) is 6.27. The van der Waals surface area contributed by atoms with Gasteiger partial charge in [0.15, 0.2) is 0 Å². The number of hydrogen-bond acceptors (Lipinski definition) is 2. The molecule has 0 aromatic heterocycles. The van der Waals surface area contributed by atoms with E-state index < -0.39 is 17.6 Å². The van der Waals surface area contributed by atoms with E-state index in [2.05, 4.69) is 11.9 Å². The van der Waals surface area contributed by atoms with Crippen LogP contribution in [0.15, 0.2) is 61.2 Å². The lowest BCUT2D eigenvalue weighted by Crippen LogP contribution is -2.07. The molecule has 0 radical (unpaired) electrons. The lowest BCUT2D eigenvalue weighted by molar-refractivity contribution is -0.137. The highest BCUT2D eigenvalue weighted by atomic mass is 19.4. The summed E-state index contributed by atoms with van der Waals surface area (Å²) in [6.07, 6.45) is -3.32. The fourth-order valence-electron chi connectivity index (χ4n) is 1.70. The summed E-state index contributed by atoms with van der Waals surface area (Å²) in [5.41, 5.74) is -0.338. The predicted octanol–water partition coefficient (Wildman–Crippen LogP) is 4.62. The van der Waals surface area contributed by atoms with Crippen LogP contribution in [0.1, 0.15) is 5.56 Å². The summed E-state index contributed by atoms with van der Waals surface area (Å²) < 4.78 is 43.3. The molecule has 2 aromatic carbocycles. The van der Waals surface area contributed by atoms with Crippen LogP contribution in [0.25, 0.3) is 0 Å². The maximum absolute atomic E-state index is 12.6. The molecule has 0 fully saturated rings. The Morgan fingerprint density at radius 1 is 1.09 bits per heavy atom. The Bertz CT molecular complexity index is 696. The van der Waals surface area contributed by atoms with Crippen LogP contribution in [0.4, 0.5) is 18.9 Å². The van der Waals surface area contributed by atoms with Crippen molar-refractivity contribution in [3.63, 3.8) is 0 Å². The van der Waals surface area contributed by atoms with Gasteiger partial charge in [-0.2, -0.15) is 13.2 Å². The average Bonchev–Trinajstić information content (AvgIpc) is 2.47. The number of anilines is 1. The number of ether oxygens (including phenoxy) is 1. The number of hydrogen-bond donors (Lipinski definition) is 1. The van der Waals surface area contributed by atoms with Crippen LogP contribution in [0.2, 0.25) is 0 Å². The van der Waals surface area contributed by atoms with Gasteiger partial charge in [0.1, 0.15) is 11.5 Å². The van der Waals surface area contributed by atoms with Crippen molar-refractivity contribution in [3.8, 4) is 11.5 Å². The van der Waals surface area contributed by atoms with E-state index in [9.17, 15) is 18.0 Å². The topological polar surface area (TPSA) is 38.3 Å². The maximum Gasteiger partial charge on any atom is 0.416 e. The van der Waals surface area contributed by atoms with E-state index >= 15 is 0 Å². The first-order chi connectivity index (χ1) is 10.4. The fraction of sp³-hybridized carbons (Fsp3) is 0.0625. The van der Waals surface area contributed by atoms with Crippen LogP contribution in [-0.2, 0) is 11.0 Å². The molecule has 2 aromatic rings. The summed E-state index contributed by atoms with van der Waals surface area (Å²) in [7, 11) is 0. The van der Waals surface area contributed by atoms with Gasteiger partial charge in [0.05, 0.1) is 5.56 Å². The SMILES string of the molecule is C=CC(=O)Nc1cccc(Oc2cccc(C(F)(F)F)c2)c1.